The summed E-state index contributed by atoms with van der Waals surface area (Å²) in [5, 5.41) is 12.1. The zero-order chi connectivity index (χ0) is 21.8. The molecular formula is C24H33NaO5S. The number of ether oxygens (including phenoxy) is 1. The average molecular weight is 457 g/mol. The standard InChI is InChI=1S/C24H34O5S.Na/c1-2-3-4-5-6-7-8-9-10-11-14-20-17-18-21(25)23(19-20)29-22-15-12-13-16-24(22)30(26,27)28;/h12-13,15-19,25H,2-11,14H2,1H3,(H,26,27,28);/q;+1/p-1. The monoisotopic (exact) mass is 456 g/mol. The van der Waals surface area contributed by atoms with Crippen molar-refractivity contribution >= 4 is 10.1 Å². The molecule has 0 amide bonds. The van der Waals surface area contributed by atoms with Gasteiger partial charge in [-0.3, -0.25) is 4.55 Å². The molecule has 0 atom stereocenters. The molecular weight excluding hydrogens is 423 g/mol. The molecule has 2 aromatic rings. The topological polar surface area (TPSA) is 86.7 Å². The molecule has 2 rings (SSSR count). The molecule has 1 N–H and O–H groups in total. The van der Waals surface area contributed by atoms with Crippen molar-refractivity contribution in [1.29, 1.82) is 0 Å². The molecule has 0 aliphatic carbocycles. The summed E-state index contributed by atoms with van der Waals surface area (Å²) in [6, 6.07) is 10.6. The van der Waals surface area contributed by atoms with Crippen LogP contribution in [0.1, 0.15) is 76.7 Å². The molecule has 0 spiro atoms. The van der Waals surface area contributed by atoms with Crippen LogP contribution in [0, 0.1) is 0 Å². The molecule has 0 saturated heterocycles. The second-order valence-electron chi connectivity index (χ2n) is 7.74. The molecule has 0 heterocycles. The molecule has 0 aromatic heterocycles. The third kappa shape index (κ3) is 10.4. The SMILES string of the molecule is CCCCCCCCCCCCc1ccc([O-])c(Oc2ccccc2S(=O)(=O)O)c1.[Na+]. The fourth-order valence-corrected chi connectivity index (χ4v) is 4.08. The van der Waals surface area contributed by atoms with E-state index in [1.165, 1.54) is 75.6 Å². The molecule has 0 bridgehead atoms. The maximum atomic E-state index is 12.1. The van der Waals surface area contributed by atoms with E-state index in [2.05, 4.69) is 6.92 Å². The van der Waals surface area contributed by atoms with E-state index in [0.717, 1.165) is 24.8 Å². The van der Waals surface area contributed by atoms with Crippen LogP contribution in [0.15, 0.2) is 47.4 Å². The van der Waals surface area contributed by atoms with Gasteiger partial charge in [-0.2, -0.15) is 8.42 Å². The smallest absolute Gasteiger partial charge is 0.870 e. The Labute approximate surface area is 209 Å². The normalized spacial score (nSPS) is 11.2. The number of hydrogen-bond donors (Lipinski definition) is 1. The maximum absolute atomic E-state index is 12.1. The van der Waals surface area contributed by atoms with Gasteiger partial charge in [0.25, 0.3) is 10.1 Å². The van der Waals surface area contributed by atoms with Gasteiger partial charge in [0.2, 0.25) is 0 Å². The first-order chi connectivity index (χ1) is 14.4. The van der Waals surface area contributed by atoms with E-state index in [9.17, 15) is 18.1 Å². The molecule has 31 heavy (non-hydrogen) atoms. The first-order valence-corrected chi connectivity index (χ1v) is 12.4. The third-order valence-electron chi connectivity index (χ3n) is 5.17. The minimum absolute atomic E-state index is 0. The summed E-state index contributed by atoms with van der Waals surface area (Å²) in [5.41, 5.74) is 0.980. The fraction of sp³-hybridized carbons (Fsp3) is 0.500. The molecule has 0 fully saturated rings. The Morgan fingerprint density at radius 3 is 2.03 bits per heavy atom. The molecule has 7 heteroatoms. The van der Waals surface area contributed by atoms with E-state index in [1.54, 1.807) is 18.2 Å². The van der Waals surface area contributed by atoms with Crippen molar-refractivity contribution < 1.29 is 52.4 Å². The van der Waals surface area contributed by atoms with Gasteiger partial charge in [-0.25, -0.2) is 0 Å². The number of aryl methyl sites for hydroxylation is 1. The first kappa shape index (κ1) is 28.0. The molecule has 0 unspecified atom stereocenters. The van der Waals surface area contributed by atoms with Crippen molar-refractivity contribution in [2.24, 2.45) is 0 Å². The van der Waals surface area contributed by atoms with Crippen LogP contribution < -0.4 is 39.4 Å². The fourth-order valence-electron chi connectivity index (χ4n) is 3.47. The zero-order valence-corrected chi connectivity index (χ0v) is 21.6. The van der Waals surface area contributed by atoms with E-state index in [1.807, 2.05) is 0 Å². The van der Waals surface area contributed by atoms with Crippen LogP contribution in [0.5, 0.6) is 17.2 Å². The van der Waals surface area contributed by atoms with E-state index in [4.69, 9.17) is 4.74 Å². The summed E-state index contributed by atoms with van der Waals surface area (Å²) in [5.74, 6) is -0.323. The Bertz CT molecular complexity index is 883. The third-order valence-corrected chi connectivity index (χ3v) is 6.07. The van der Waals surface area contributed by atoms with Crippen LogP contribution in [0.3, 0.4) is 0 Å². The number of benzene rings is 2. The van der Waals surface area contributed by atoms with Gasteiger partial charge in [0.05, 0.1) is 0 Å². The Morgan fingerprint density at radius 2 is 1.42 bits per heavy atom. The minimum atomic E-state index is -4.44. The second kappa shape index (κ2) is 14.9. The summed E-state index contributed by atoms with van der Waals surface area (Å²) in [7, 11) is -4.44. The van der Waals surface area contributed by atoms with Crippen LogP contribution in [-0.4, -0.2) is 13.0 Å². The first-order valence-electron chi connectivity index (χ1n) is 11.0. The van der Waals surface area contributed by atoms with Gasteiger partial charge in [-0.15, -0.1) is 0 Å². The molecule has 166 valence electrons. The van der Waals surface area contributed by atoms with Gasteiger partial charge in [0.15, 0.2) is 0 Å². The second-order valence-corrected chi connectivity index (χ2v) is 9.13. The Hall–Kier alpha value is -1.05. The van der Waals surface area contributed by atoms with Crippen molar-refractivity contribution in [3.63, 3.8) is 0 Å². The Kier molecular flexibility index (Phi) is 13.5. The van der Waals surface area contributed by atoms with Crippen LogP contribution in [-0.2, 0) is 16.5 Å². The number of unbranched alkanes of at least 4 members (excludes halogenated alkanes) is 9. The summed E-state index contributed by atoms with van der Waals surface area (Å²) >= 11 is 0. The van der Waals surface area contributed by atoms with Gasteiger partial charge in [-0.05, 0) is 36.6 Å². The molecule has 0 saturated carbocycles. The quantitative estimate of drug-likeness (QED) is 0.268. The molecule has 5 nitrogen and oxygen atoms in total. The zero-order valence-electron chi connectivity index (χ0n) is 18.8. The van der Waals surface area contributed by atoms with Crippen molar-refractivity contribution in [2.45, 2.75) is 82.4 Å². The Balaban J connectivity index is 0.00000480. The van der Waals surface area contributed by atoms with Crippen molar-refractivity contribution in [1.82, 2.24) is 0 Å². The van der Waals surface area contributed by atoms with E-state index in [-0.39, 0.29) is 51.7 Å². The average Bonchev–Trinajstić information content (AvgIpc) is 2.71. The van der Waals surface area contributed by atoms with Crippen LogP contribution in [0.25, 0.3) is 0 Å². The summed E-state index contributed by atoms with van der Waals surface area (Å²) < 4.78 is 37.9. The number of para-hydroxylation sites is 1. The summed E-state index contributed by atoms with van der Waals surface area (Å²) in [6.07, 6.45) is 13.5. The van der Waals surface area contributed by atoms with Crippen LogP contribution in [0.2, 0.25) is 0 Å². The summed E-state index contributed by atoms with van der Waals surface area (Å²) in [4.78, 5) is -0.357. The van der Waals surface area contributed by atoms with Crippen LogP contribution in [0.4, 0.5) is 0 Å². The van der Waals surface area contributed by atoms with Crippen molar-refractivity contribution in [3.05, 3.63) is 48.0 Å². The molecule has 2 aromatic carbocycles. The largest absolute Gasteiger partial charge is 1.00 e. The predicted octanol–water partition coefficient (Wildman–Crippen LogP) is 3.27. The van der Waals surface area contributed by atoms with E-state index >= 15 is 0 Å². The number of hydrogen-bond acceptors (Lipinski definition) is 4. The van der Waals surface area contributed by atoms with Gasteiger partial charge in [-0.1, -0.05) is 94.7 Å². The van der Waals surface area contributed by atoms with Crippen molar-refractivity contribution in [3.8, 4) is 17.2 Å². The molecule has 0 radical (unpaired) electrons. The molecule has 0 aliphatic rings. The predicted molar refractivity (Wildman–Crippen MR) is 118 cm³/mol. The molecule has 0 aliphatic heterocycles. The van der Waals surface area contributed by atoms with Crippen molar-refractivity contribution in [2.75, 3.05) is 0 Å². The van der Waals surface area contributed by atoms with Gasteiger partial charge < -0.3 is 9.84 Å². The maximum Gasteiger partial charge on any atom is 1.00 e. The minimum Gasteiger partial charge on any atom is -0.870 e. The van der Waals surface area contributed by atoms with E-state index in [0.29, 0.717) is 0 Å². The Morgan fingerprint density at radius 1 is 0.839 bits per heavy atom. The summed E-state index contributed by atoms with van der Waals surface area (Å²) in [6.45, 7) is 2.23. The van der Waals surface area contributed by atoms with E-state index < -0.39 is 10.1 Å². The van der Waals surface area contributed by atoms with Gasteiger partial charge >= 0.3 is 29.6 Å². The van der Waals surface area contributed by atoms with Gasteiger partial charge in [0, 0.05) is 0 Å². The van der Waals surface area contributed by atoms with Gasteiger partial charge in [0.1, 0.15) is 16.4 Å². The van der Waals surface area contributed by atoms with Crippen LogP contribution >= 0.6 is 0 Å². The number of rotatable bonds is 14.